The van der Waals surface area contributed by atoms with Gasteiger partial charge in [-0.15, -0.1) is 0 Å². The molecule has 2 fully saturated rings. The molecule has 4 rings (SSSR count). The summed E-state index contributed by atoms with van der Waals surface area (Å²) >= 11 is 3.64. The van der Waals surface area contributed by atoms with Crippen molar-refractivity contribution in [3.05, 3.63) is 22.2 Å². The minimum absolute atomic E-state index is 0.0761. The maximum Gasteiger partial charge on any atom is 0.251 e. The Hall–Kier alpha value is -0.780. The van der Waals surface area contributed by atoms with E-state index in [0.29, 0.717) is 0 Å². The number of hydrogen-bond donors (Lipinski definition) is 1. The normalized spacial score (nSPS) is 27.1. The third-order valence-electron chi connectivity index (χ3n) is 4.29. The van der Waals surface area contributed by atoms with Crippen LogP contribution in [0.1, 0.15) is 37.4 Å². The van der Waals surface area contributed by atoms with Crippen molar-refractivity contribution in [1.82, 2.24) is 5.32 Å². The zero-order valence-corrected chi connectivity index (χ0v) is 12.9. The van der Waals surface area contributed by atoms with Gasteiger partial charge in [0.1, 0.15) is 0 Å². The Balaban J connectivity index is 1.64. The summed E-state index contributed by atoms with van der Waals surface area (Å²) in [5.41, 5.74) is 1.13. The van der Waals surface area contributed by atoms with E-state index in [2.05, 4.69) is 27.3 Å². The fraction of sp³-hybridized carbons (Fsp3) is 0.600. The van der Waals surface area contributed by atoms with Gasteiger partial charge in [0.15, 0.2) is 11.5 Å². The smallest absolute Gasteiger partial charge is 0.251 e. The molecule has 1 atom stereocenters. The monoisotopic (exact) mass is 339 g/mol. The van der Waals surface area contributed by atoms with Gasteiger partial charge in [-0.2, -0.15) is 0 Å². The van der Waals surface area contributed by atoms with E-state index in [1.807, 2.05) is 6.07 Å². The van der Waals surface area contributed by atoms with Crippen LogP contribution >= 0.6 is 15.9 Å². The summed E-state index contributed by atoms with van der Waals surface area (Å²) in [7, 11) is 0. The van der Waals surface area contributed by atoms with Crippen LogP contribution in [0, 0.1) is 0 Å². The van der Waals surface area contributed by atoms with Gasteiger partial charge in [-0.25, -0.2) is 0 Å². The first-order chi connectivity index (χ1) is 9.76. The highest BCUT2D eigenvalue weighted by molar-refractivity contribution is 9.10. The lowest BCUT2D eigenvalue weighted by Crippen LogP contribution is -2.34. The summed E-state index contributed by atoms with van der Waals surface area (Å²) in [5, 5.41) is 3.36. The first kappa shape index (κ1) is 12.9. The Kier molecular flexibility index (Phi) is 3.16. The van der Waals surface area contributed by atoms with Crippen LogP contribution in [0.2, 0.25) is 0 Å². The van der Waals surface area contributed by atoms with Crippen LogP contribution in [0.3, 0.4) is 0 Å². The molecule has 108 valence electrons. The Bertz CT molecular complexity index is 522. The second-order valence-corrected chi connectivity index (χ2v) is 6.56. The molecule has 2 aliphatic heterocycles. The fourth-order valence-corrected chi connectivity index (χ4v) is 3.84. The van der Waals surface area contributed by atoms with Gasteiger partial charge in [0, 0.05) is 36.0 Å². The summed E-state index contributed by atoms with van der Waals surface area (Å²) in [6, 6.07) is 4.10. The van der Waals surface area contributed by atoms with Crippen LogP contribution in [-0.2, 0) is 4.74 Å². The minimum Gasteiger partial charge on any atom is -0.448 e. The van der Waals surface area contributed by atoms with Crippen molar-refractivity contribution >= 4 is 15.9 Å². The standard InChI is InChI=1S/C15H18BrNO3/c16-11-8-13-12(19-15(20-13)3-1-2-4-15)7-10(11)14-9-17-5-6-18-14/h7-8,14,17H,1-6,9H2. The maximum absolute atomic E-state index is 6.12. The minimum atomic E-state index is -0.397. The Morgan fingerprint density at radius 3 is 2.60 bits per heavy atom. The summed E-state index contributed by atoms with van der Waals surface area (Å²) in [6.07, 6.45) is 4.40. The van der Waals surface area contributed by atoms with Crippen molar-refractivity contribution < 1.29 is 14.2 Å². The molecule has 0 aromatic heterocycles. The number of fused-ring (bicyclic) bond motifs is 1. The highest BCUT2D eigenvalue weighted by Crippen LogP contribution is 2.49. The molecule has 1 spiro atoms. The first-order valence-electron chi connectivity index (χ1n) is 7.30. The number of nitrogens with one attached hydrogen (secondary N) is 1. The van der Waals surface area contributed by atoms with Crippen LogP contribution in [0.25, 0.3) is 0 Å². The molecule has 0 amide bonds. The van der Waals surface area contributed by atoms with Gasteiger partial charge >= 0.3 is 0 Å². The van der Waals surface area contributed by atoms with Crippen molar-refractivity contribution in [3.8, 4) is 11.5 Å². The van der Waals surface area contributed by atoms with Gasteiger partial charge in [0.05, 0.1) is 12.7 Å². The third-order valence-corrected chi connectivity index (χ3v) is 4.98. The molecule has 1 saturated carbocycles. The van der Waals surface area contributed by atoms with Crippen molar-refractivity contribution in [2.45, 2.75) is 37.6 Å². The van der Waals surface area contributed by atoms with Crippen LogP contribution in [0.5, 0.6) is 11.5 Å². The first-order valence-corrected chi connectivity index (χ1v) is 8.09. The van der Waals surface area contributed by atoms with Gasteiger partial charge in [-0.05, 0) is 25.0 Å². The number of benzene rings is 1. The lowest BCUT2D eigenvalue weighted by atomic mass is 10.1. The van der Waals surface area contributed by atoms with E-state index in [0.717, 1.165) is 54.1 Å². The van der Waals surface area contributed by atoms with Crippen molar-refractivity contribution in [2.75, 3.05) is 19.7 Å². The number of ether oxygens (including phenoxy) is 3. The second-order valence-electron chi connectivity index (χ2n) is 5.71. The fourth-order valence-electron chi connectivity index (χ4n) is 3.26. The van der Waals surface area contributed by atoms with Crippen molar-refractivity contribution in [2.24, 2.45) is 0 Å². The Morgan fingerprint density at radius 1 is 1.15 bits per heavy atom. The van der Waals surface area contributed by atoms with Crippen molar-refractivity contribution in [3.63, 3.8) is 0 Å². The van der Waals surface area contributed by atoms with E-state index in [9.17, 15) is 0 Å². The SMILES string of the molecule is Brc1cc2c(cc1C1CNCCO1)OC1(CCCC1)O2. The largest absolute Gasteiger partial charge is 0.448 e. The Labute approximate surface area is 126 Å². The molecule has 1 aromatic rings. The molecule has 0 bridgehead atoms. The molecule has 3 aliphatic rings. The number of morpholine rings is 1. The van der Waals surface area contributed by atoms with E-state index in [1.54, 1.807) is 0 Å². The van der Waals surface area contributed by atoms with Gasteiger partial charge in [-0.1, -0.05) is 15.9 Å². The summed E-state index contributed by atoms with van der Waals surface area (Å²) in [5.74, 6) is 1.32. The van der Waals surface area contributed by atoms with E-state index in [-0.39, 0.29) is 6.10 Å². The molecule has 1 aliphatic carbocycles. The molecule has 1 N–H and O–H groups in total. The topological polar surface area (TPSA) is 39.7 Å². The summed E-state index contributed by atoms with van der Waals surface area (Å²) in [4.78, 5) is 0. The third kappa shape index (κ3) is 2.12. The second kappa shape index (κ2) is 4.90. The van der Waals surface area contributed by atoms with Gasteiger partial charge in [0.2, 0.25) is 0 Å². The van der Waals surface area contributed by atoms with Gasteiger partial charge < -0.3 is 19.5 Å². The van der Waals surface area contributed by atoms with E-state index < -0.39 is 5.79 Å². The molecule has 2 heterocycles. The zero-order chi connectivity index (χ0) is 13.6. The molecular formula is C15H18BrNO3. The molecule has 1 saturated heterocycles. The molecule has 1 unspecified atom stereocenters. The molecular weight excluding hydrogens is 322 g/mol. The van der Waals surface area contributed by atoms with Crippen LogP contribution in [0.4, 0.5) is 0 Å². The summed E-state index contributed by atoms with van der Waals surface area (Å²) in [6.45, 7) is 2.50. The lowest BCUT2D eigenvalue weighted by Gasteiger charge is -2.25. The van der Waals surface area contributed by atoms with Crippen LogP contribution < -0.4 is 14.8 Å². The van der Waals surface area contributed by atoms with Gasteiger partial charge in [0.25, 0.3) is 5.79 Å². The number of rotatable bonds is 1. The van der Waals surface area contributed by atoms with Crippen molar-refractivity contribution in [1.29, 1.82) is 0 Å². The van der Waals surface area contributed by atoms with E-state index in [4.69, 9.17) is 14.2 Å². The number of halogens is 1. The van der Waals surface area contributed by atoms with E-state index >= 15 is 0 Å². The molecule has 4 nitrogen and oxygen atoms in total. The highest BCUT2D eigenvalue weighted by atomic mass is 79.9. The molecule has 1 aromatic carbocycles. The quantitative estimate of drug-likeness (QED) is 0.853. The van der Waals surface area contributed by atoms with E-state index in [1.165, 1.54) is 12.8 Å². The Morgan fingerprint density at radius 2 is 1.90 bits per heavy atom. The highest BCUT2D eigenvalue weighted by Gasteiger charge is 2.44. The summed E-state index contributed by atoms with van der Waals surface area (Å²) < 4.78 is 19.1. The predicted octanol–water partition coefficient (Wildman–Crippen LogP) is 3.15. The van der Waals surface area contributed by atoms with Crippen LogP contribution in [-0.4, -0.2) is 25.5 Å². The average molecular weight is 340 g/mol. The lowest BCUT2D eigenvalue weighted by molar-refractivity contribution is -0.0717. The van der Waals surface area contributed by atoms with Crippen LogP contribution in [0.15, 0.2) is 16.6 Å². The predicted molar refractivity (Wildman–Crippen MR) is 78.2 cm³/mol. The molecule has 0 radical (unpaired) electrons. The zero-order valence-electron chi connectivity index (χ0n) is 11.3. The average Bonchev–Trinajstić information content (AvgIpc) is 3.05. The van der Waals surface area contributed by atoms with Gasteiger partial charge in [-0.3, -0.25) is 0 Å². The molecule has 5 heteroatoms. The maximum atomic E-state index is 6.12. The molecule has 20 heavy (non-hydrogen) atoms. The number of hydrogen-bond acceptors (Lipinski definition) is 4.